The van der Waals surface area contributed by atoms with Crippen LogP contribution in [0.2, 0.25) is 0 Å². The van der Waals surface area contributed by atoms with Crippen molar-refractivity contribution in [2.75, 3.05) is 0 Å². The van der Waals surface area contributed by atoms with Gasteiger partial charge in [0.15, 0.2) is 5.78 Å². The summed E-state index contributed by atoms with van der Waals surface area (Å²) in [5.41, 5.74) is 2.42. The van der Waals surface area contributed by atoms with Gasteiger partial charge in [-0.2, -0.15) is 0 Å². The Morgan fingerprint density at radius 1 is 1.35 bits per heavy atom. The van der Waals surface area contributed by atoms with E-state index in [2.05, 4.69) is 4.98 Å². The van der Waals surface area contributed by atoms with Crippen molar-refractivity contribution < 1.29 is 9.18 Å². The van der Waals surface area contributed by atoms with E-state index in [9.17, 15) is 9.18 Å². The van der Waals surface area contributed by atoms with Crippen LogP contribution in [-0.4, -0.2) is 10.8 Å². The summed E-state index contributed by atoms with van der Waals surface area (Å²) in [6.07, 6.45) is 0. The maximum absolute atomic E-state index is 13.2. The minimum atomic E-state index is -0.289. The van der Waals surface area contributed by atoms with E-state index in [4.69, 9.17) is 0 Å². The zero-order chi connectivity index (χ0) is 12.6. The van der Waals surface area contributed by atoms with Gasteiger partial charge in [-0.3, -0.25) is 4.79 Å². The van der Waals surface area contributed by atoms with Gasteiger partial charge in [-0.25, -0.2) is 9.37 Å². The molecule has 2 rings (SSSR count). The van der Waals surface area contributed by atoms with Gasteiger partial charge >= 0.3 is 0 Å². The standard InChI is InChI=1S/C13H12FNOS/c1-7-4-5-10(14)6-11(7)13-15-8(2)12(17-13)9(3)16/h4-6H,1-3H3. The van der Waals surface area contributed by atoms with Crippen molar-refractivity contribution in [2.45, 2.75) is 20.8 Å². The van der Waals surface area contributed by atoms with Crippen LogP contribution in [0.4, 0.5) is 4.39 Å². The fraction of sp³-hybridized carbons (Fsp3) is 0.231. The highest BCUT2D eigenvalue weighted by atomic mass is 32.1. The molecule has 1 aromatic heterocycles. The second kappa shape index (κ2) is 4.37. The predicted molar refractivity (Wildman–Crippen MR) is 67.0 cm³/mol. The van der Waals surface area contributed by atoms with Crippen molar-refractivity contribution in [3.8, 4) is 10.6 Å². The minimum Gasteiger partial charge on any atom is -0.294 e. The van der Waals surface area contributed by atoms with Crippen LogP contribution < -0.4 is 0 Å². The lowest BCUT2D eigenvalue weighted by atomic mass is 10.1. The third-order valence-electron chi connectivity index (χ3n) is 2.55. The largest absolute Gasteiger partial charge is 0.294 e. The SMILES string of the molecule is CC(=O)c1sc(-c2cc(F)ccc2C)nc1C. The lowest BCUT2D eigenvalue weighted by Gasteiger charge is -2.01. The van der Waals surface area contributed by atoms with Crippen LogP contribution in [0.25, 0.3) is 10.6 Å². The number of nitrogens with zero attached hydrogens (tertiary/aromatic N) is 1. The summed E-state index contributed by atoms with van der Waals surface area (Å²) >= 11 is 1.32. The highest BCUT2D eigenvalue weighted by Gasteiger charge is 2.14. The molecule has 0 fully saturated rings. The smallest absolute Gasteiger partial charge is 0.171 e. The number of hydrogen-bond donors (Lipinski definition) is 0. The van der Waals surface area contributed by atoms with Gasteiger partial charge in [-0.1, -0.05) is 6.07 Å². The number of hydrogen-bond acceptors (Lipinski definition) is 3. The van der Waals surface area contributed by atoms with Crippen molar-refractivity contribution in [1.29, 1.82) is 0 Å². The first-order chi connectivity index (χ1) is 7.99. The molecule has 17 heavy (non-hydrogen) atoms. The molecule has 88 valence electrons. The van der Waals surface area contributed by atoms with E-state index < -0.39 is 0 Å². The maximum Gasteiger partial charge on any atom is 0.171 e. The maximum atomic E-state index is 13.2. The molecular weight excluding hydrogens is 237 g/mol. The monoisotopic (exact) mass is 249 g/mol. The molecule has 0 aliphatic carbocycles. The highest BCUT2D eigenvalue weighted by molar-refractivity contribution is 7.17. The summed E-state index contributed by atoms with van der Waals surface area (Å²) in [6.45, 7) is 5.22. The van der Waals surface area contributed by atoms with E-state index in [0.717, 1.165) is 11.1 Å². The fourth-order valence-corrected chi connectivity index (χ4v) is 2.71. The number of Topliss-reactive ketones (excluding diaryl/α,β-unsaturated/α-hetero) is 1. The van der Waals surface area contributed by atoms with Crippen molar-refractivity contribution in [3.63, 3.8) is 0 Å². The third kappa shape index (κ3) is 2.26. The Morgan fingerprint density at radius 3 is 2.65 bits per heavy atom. The number of carbonyl (C=O) groups is 1. The molecule has 0 unspecified atom stereocenters. The van der Waals surface area contributed by atoms with Gasteiger partial charge in [0, 0.05) is 12.5 Å². The van der Waals surface area contributed by atoms with Gasteiger partial charge in [0.05, 0.1) is 10.6 Å². The number of thiazole rings is 1. The van der Waals surface area contributed by atoms with Gasteiger partial charge in [-0.15, -0.1) is 11.3 Å². The zero-order valence-corrected chi connectivity index (χ0v) is 10.7. The highest BCUT2D eigenvalue weighted by Crippen LogP contribution is 2.30. The molecule has 4 heteroatoms. The Hall–Kier alpha value is -1.55. The average molecular weight is 249 g/mol. The summed E-state index contributed by atoms with van der Waals surface area (Å²) in [4.78, 5) is 16.3. The van der Waals surface area contributed by atoms with E-state index in [1.54, 1.807) is 13.0 Å². The molecule has 0 atom stereocenters. The molecule has 0 saturated carbocycles. The lowest BCUT2D eigenvalue weighted by molar-refractivity contribution is 0.102. The number of aromatic nitrogens is 1. The Bertz CT molecular complexity index is 589. The van der Waals surface area contributed by atoms with Crippen molar-refractivity contribution in [2.24, 2.45) is 0 Å². The summed E-state index contributed by atoms with van der Waals surface area (Å²) in [5.74, 6) is -0.289. The van der Waals surface area contributed by atoms with E-state index in [0.29, 0.717) is 15.6 Å². The first-order valence-electron chi connectivity index (χ1n) is 5.24. The molecule has 0 N–H and O–H groups in total. The van der Waals surface area contributed by atoms with Crippen molar-refractivity contribution in [3.05, 3.63) is 40.2 Å². The molecule has 0 bridgehead atoms. The second-order valence-corrected chi connectivity index (χ2v) is 4.95. The van der Waals surface area contributed by atoms with Crippen LogP contribution >= 0.6 is 11.3 Å². The van der Waals surface area contributed by atoms with E-state index in [1.807, 2.05) is 6.92 Å². The summed E-state index contributed by atoms with van der Waals surface area (Å²) in [5, 5.41) is 0.699. The van der Waals surface area contributed by atoms with Gasteiger partial charge in [0.1, 0.15) is 10.8 Å². The summed E-state index contributed by atoms with van der Waals surface area (Å²) in [7, 11) is 0. The number of aryl methyl sites for hydroxylation is 2. The first-order valence-corrected chi connectivity index (χ1v) is 6.05. The van der Waals surface area contributed by atoms with Crippen molar-refractivity contribution in [1.82, 2.24) is 4.98 Å². The van der Waals surface area contributed by atoms with Gasteiger partial charge < -0.3 is 0 Å². The number of ketones is 1. The Morgan fingerprint density at radius 2 is 2.06 bits per heavy atom. The molecule has 0 aliphatic rings. The third-order valence-corrected chi connectivity index (χ3v) is 3.84. The molecule has 1 aromatic carbocycles. The summed E-state index contributed by atoms with van der Waals surface area (Å²) in [6, 6.07) is 4.59. The average Bonchev–Trinajstić information content (AvgIpc) is 2.64. The Kier molecular flexibility index (Phi) is 3.07. The van der Waals surface area contributed by atoms with Gasteiger partial charge in [0.25, 0.3) is 0 Å². The number of rotatable bonds is 2. The van der Waals surface area contributed by atoms with E-state index in [1.165, 1.54) is 30.4 Å². The molecule has 0 amide bonds. The van der Waals surface area contributed by atoms with Crippen LogP contribution in [-0.2, 0) is 0 Å². The van der Waals surface area contributed by atoms with Crippen LogP contribution in [0.15, 0.2) is 18.2 Å². The molecule has 0 aliphatic heterocycles. The molecule has 2 nitrogen and oxygen atoms in total. The number of carbonyl (C=O) groups excluding carboxylic acids is 1. The summed E-state index contributed by atoms with van der Waals surface area (Å²) < 4.78 is 13.2. The lowest BCUT2D eigenvalue weighted by Crippen LogP contribution is -1.89. The van der Waals surface area contributed by atoms with Crippen LogP contribution in [0.5, 0.6) is 0 Å². The van der Waals surface area contributed by atoms with Crippen LogP contribution in [0, 0.1) is 19.7 Å². The van der Waals surface area contributed by atoms with Gasteiger partial charge in [-0.05, 0) is 31.5 Å². The predicted octanol–water partition coefficient (Wildman–Crippen LogP) is 3.77. The molecule has 1 heterocycles. The van der Waals surface area contributed by atoms with E-state index >= 15 is 0 Å². The van der Waals surface area contributed by atoms with Gasteiger partial charge in [0.2, 0.25) is 0 Å². The normalized spacial score (nSPS) is 10.6. The molecule has 0 spiro atoms. The number of halogens is 1. The fourth-order valence-electron chi connectivity index (χ4n) is 1.66. The zero-order valence-electron chi connectivity index (χ0n) is 9.87. The van der Waals surface area contributed by atoms with Crippen LogP contribution in [0.1, 0.15) is 27.9 Å². The topological polar surface area (TPSA) is 30.0 Å². The molecular formula is C13H12FNOS. The molecule has 0 saturated heterocycles. The molecule has 2 aromatic rings. The van der Waals surface area contributed by atoms with E-state index in [-0.39, 0.29) is 11.6 Å². The quantitative estimate of drug-likeness (QED) is 0.758. The first kappa shape index (κ1) is 11.9. The number of benzene rings is 1. The Balaban J connectivity index is 2.57. The minimum absolute atomic E-state index is 0.000283. The Labute approximate surface area is 103 Å². The van der Waals surface area contributed by atoms with Crippen LogP contribution in [0.3, 0.4) is 0 Å². The second-order valence-electron chi connectivity index (χ2n) is 3.95. The van der Waals surface area contributed by atoms with Crippen molar-refractivity contribution >= 4 is 17.1 Å². The molecule has 0 radical (unpaired) electrons.